The predicted molar refractivity (Wildman–Crippen MR) is 119 cm³/mol. The first kappa shape index (κ1) is 21.8. The maximum atomic E-state index is 15.3. The predicted octanol–water partition coefficient (Wildman–Crippen LogP) is 8.17. The van der Waals surface area contributed by atoms with Gasteiger partial charge >= 0.3 is 0 Å². The van der Waals surface area contributed by atoms with E-state index in [-0.39, 0.29) is 21.7 Å². The highest BCUT2D eigenvalue weighted by Crippen LogP contribution is 2.46. The van der Waals surface area contributed by atoms with Crippen LogP contribution in [0.3, 0.4) is 0 Å². The molecule has 7 heteroatoms. The van der Waals surface area contributed by atoms with Crippen molar-refractivity contribution >= 4 is 21.5 Å². The lowest BCUT2D eigenvalue weighted by molar-refractivity contribution is 0.381. The van der Waals surface area contributed by atoms with Crippen LogP contribution in [0.4, 0.5) is 26.3 Å². The van der Waals surface area contributed by atoms with Crippen molar-refractivity contribution in [1.82, 2.24) is 0 Å². The van der Waals surface area contributed by atoms with Crippen LogP contribution in [0.25, 0.3) is 43.8 Å². The second kappa shape index (κ2) is 8.09. The van der Waals surface area contributed by atoms with Gasteiger partial charge in [0.1, 0.15) is 11.6 Å². The molecule has 5 aromatic rings. The van der Waals surface area contributed by atoms with Crippen molar-refractivity contribution in [2.45, 2.75) is 0 Å². The molecular weight excluding hydrogens is 454 g/mol. The van der Waals surface area contributed by atoms with Crippen LogP contribution in [-0.2, 0) is 0 Å². The Morgan fingerprint density at radius 2 is 1.03 bits per heavy atom. The minimum Gasteiger partial charge on any atom is -0.497 e. The molecule has 0 N–H and O–H groups in total. The van der Waals surface area contributed by atoms with Crippen LogP contribution in [0.1, 0.15) is 0 Å². The molecule has 5 rings (SSSR count). The van der Waals surface area contributed by atoms with Crippen LogP contribution in [0, 0.1) is 34.9 Å². The fraction of sp³-hybridized carbons (Fsp3) is 0.0370. The number of hydrogen-bond acceptors (Lipinski definition) is 1. The van der Waals surface area contributed by atoms with Gasteiger partial charge in [-0.25, -0.2) is 26.3 Å². The van der Waals surface area contributed by atoms with Gasteiger partial charge in [0.25, 0.3) is 0 Å². The Labute approximate surface area is 189 Å². The molecule has 0 atom stereocenters. The number of ether oxygens (including phenoxy) is 1. The van der Waals surface area contributed by atoms with Crippen molar-refractivity contribution in [2.75, 3.05) is 7.11 Å². The molecule has 0 aliphatic carbocycles. The van der Waals surface area contributed by atoms with Gasteiger partial charge in [-0.1, -0.05) is 48.5 Å². The van der Waals surface area contributed by atoms with Crippen molar-refractivity contribution in [2.24, 2.45) is 0 Å². The van der Waals surface area contributed by atoms with E-state index in [9.17, 15) is 22.0 Å². The highest BCUT2D eigenvalue weighted by Gasteiger charge is 2.30. The second-order valence-electron chi connectivity index (χ2n) is 7.63. The van der Waals surface area contributed by atoms with E-state index in [1.807, 2.05) is 0 Å². The molecule has 0 saturated carbocycles. The summed E-state index contributed by atoms with van der Waals surface area (Å²) in [5, 5.41) is 0.580. The number of benzene rings is 5. The molecular formula is C27H14F6O. The zero-order valence-electron chi connectivity index (χ0n) is 17.5. The van der Waals surface area contributed by atoms with E-state index in [0.29, 0.717) is 22.3 Å². The lowest BCUT2D eigenvalue weighted by Crippen LogP contribution is -2.05. The van der Waals surface area contributed by atoms with Crippen LogP contribution in [-0.4, -0.2) is 7.11 Å². The standard InChI is InChI=1S/C27H14F6O/c1-34-14-11-9-13(10-12-14)19-15-5-2-3-6-16(15)20(17-7-4-8-18(28)21(17)19)22-23(29)25(31)27(33)26(32)24(22)30/h2-12H,1H3. The summed E-state index contributed by atoms with van der Waals surface area (Å²) in [6.45, 7) is 0. The Morgan fingerprint density at radius 3 is 1.62 bits per heavy atom. The van der Waals surface area contributed by atoms with Gasteiger partial charge in [0.15, 0.2) is 23.3 Å². The lowest BCUT2D eigenvalue weighted by Gasteiger charge is -2.19. The number of fused-ring (bicyclic) bond motifs is 2. The Kier molecular flexibility index (Phi) is 5.20. The molecule has 0 heterocycles. The van der Waals surface area contributed by atoms with E-state index in [4.69, 9.17) is 4.74 Å². The third kappa shape index (κ3) is 3.11. The van der Waals surface area contributed by atoms with Gasteiger partial charge in [-0.15, -0.1) is 0 Å². The van der Waals surface area contributed by atoms with Gasteiger partial charge < -0.3 is 4.74 Å². The van der Waals surface area contributed by atoms with Gasteiger partial charge in [0, 0.05) is 16.5 Å². The molecule has 0 aromatic heterocycles. The number of hydrogen-bond donors (Lipinski definition) is 0. The maximum Gasteiger partial charge on any atom is 0.200 e. The Morgan fingerprint density at radius 1 is 0.500 bits per heavy atom. The lowest BCUT2D eigenvalue weighted by atomic mass is 9.85. The zero-order chi connectivity index (χ0) is 24.1. The zero-order valence-corrected chi connectivity index (χ0v) is 17.5. The molecule has 5 aromatic carbocycles. The van der Waals surface area contributed by atoms with Gasteiger partial charge in [-0.2, -0.15) is 0 Å². The summed E-state index contributed by atoms with van der Waals surface area (Å²) in [6.07, 6.45) is 0. The van der Waals surface area contributed by atoms with Crippen molar-refractivity contribution < 1.29 is 31.1 Å². The fourth-order valence-corrected chi connectivity index (χ4v) is 4.34. The maximum absolute atomic E-state index is 15.3. The minimum atomic E-state index is -2.26. The van der Waals surface area contributed by atoms with Crippen molar-refractivity contribution in [3.63, 3.8) is 0 Å². The first-order valence-corrected chi connectivity index (χ1v) is 10.1. The van der Waals surface area contributed by atoms with E-state index in [1.54, 1.807) is 42.5 Å². The summed E-state index contributed by atoms with van der Waals surface area (Å²) in [5.74, 6) is -10.5. The second-order valence-corrected chi connectivity index (χ2v) is 7.63. The number of methoxy groups -OCH3 is 1. The van der Waals surface area contributed by atoms with E-state index >= 15 is 4.39 Å². The Bertz CT molecular complexity index is 1560. The van der Waals surface area contributed by atoms with Crippen molar-refractivity contribution in [1.29, 1.82) is 0 Å². The normalized spacial score (nSPS) is 11.4. The first-order valence-electron chi connectivity index (χ1n) is 10.1. The van der Waals surface area contributed by atoms with Gasteiger partial charge in [-0.3, -0.25) is 0 Å². The molecule has 0 radical (unpaired) electrons. The van der Waals surface area contributed by atoms with Crippen LogP contribution >= 0.6 is 0 Å². The minimum absolute atomic E-state index is 0.00715. The summed E-state index contributed by atoms with van der Waals surface area (Å²) in [7, 11) is 1.50. The summed E-state index contributed by atoms with van der Waals surface area (Å²) < 4.78 is 92.4. The third-order valence-electron chi connectivity index (χ3n) is 5.84. The van der Waals surface area contributed by atoms with Crippen LogP contribution in [0.15, 0.2) is 66.7 Å². The van der Waals surface area contributed by atoms with E-state index in [0.717, 1.165) is 0 Å². The third-order valence-corrected chi connectivity index (χ3v) is 5.84. The summed E-state index contributed by atoms with van der Waals surface area (Å²) in [4.78, 5) is 0. The Hall–Kier alpha value is -4.00. The molecule has 34 heavy (non-hydrogen) atoms. The molecule has 0 aliphatic heterocycles. The molecule has 0 saturated heterocycles. The van der Waals surface area contributed by atoms with Crippen molar-refractivity contribution in [3.05, 3.63) is 102 Å². The highest BCUT2D eigenvalue weighted by molar-refractivity contribution is 6.21. The fourth-order valence-electron chi connectivity index (χ4n) is 4.34. The molecule has 0 spiro atoms. The average molecular weight is 468 g/mol. The number of halogens is 6. The number of rotatable bonds is 3. The molecule has 0 bridgehead atoms. The molecule has 0 amide bonds. The van der Waals surface area contributed by atoms with Crippen molar-refractivity contribution in [3.8, 4) is 28.0 Å². The van der Waals surface area contributed by atoms with Gasteiger partial charge in [0.2, 0.25) is 5.82 Å². The quantitative estimate of drug-likeness (QED) is 0.112. The molecule has 1 nitrogen and oxygen atoms in total. The highest BCUT2D eigenvalue weighted by atomic mass is 19.2. The first-order chi connectivity index (χ1) is 16.3. The average Bonchev–Trinajstić information content (AvgIpc) is 2.86. The van der Waals surface area contributed by atoms with Gasteiger partial charge in [0.05, 0.1) is 12.7 Å². The smallest absolute Gasteiger partial charge is 0.200 e. The summed E-state index contributed by atoms with van der Waals surface area (Å²) >= 11 is 0. The SMILES string of the molecule is COc1ccc(-c2c3ccccc3c(-c3c(F)c(F)c(F)c(F)c3F)c3cccc(F)c23)cc1. The largest absolute Gasteiger partial charge is 0.497 e. The summed E-state index contributed by atoms with van der Waals surface area (Å²) in [6, 6.07) is 17.0. The molecule has 0 fully saturated rings. The summed E-state index contributed by atoms with van der Waals surface area (Å²) in [5.41, 5.74) is -0.394. The molecule has 0 unspecified atom stereocenters. The van der Waals surface area contributed by atoms with E-state index < -0.39 is 40.5 Å². The van der Waals surface area contributed by atoms with Crippen LogP contribution in [0.2, 0.25) is 0 Å². The monoisotopic (exact) mass is 468 g/mol. The van der Waals surface area contributed by atoms with Crippen LogP contribution in [0.5, 0.6) is 5.75 Å². The van der Waals surface area contributed by atoms with E-state index in [1.165, 1.54) is 31.4 Å². The molecule has 0 aliphatic rings. The molecule has 170 valence electrons. The van der Waals surface area contributed by atoms with E-state index in [2.05, 4.69) is 0 Å². The Balaban J connectivity index is 2.03. The topological polar surface area (TPSA) is 9.23 Å². The van der Waals surface area contributed by atoms with Crippen LogP contribution < -0.4 is 4.74 Å². The van der Waals surface area contributed by atoms with Gasteiger partial charge in [-0.05, 0) is 39.9 Å².